The fourth-order valence-electron chi connectivity index (χ4n) is 4.48. The van der Waals surface area contributed by atoms with E-state index in [0.717, 1.165) is 47.2 Å². The van der Waals surface area contributed by atoms with Crippen molar-refractivity contribution in [3.8, 4) is 22.3 Å². The molecule has 0 aliphatic carbocycles. The largest absolute Gasteiger partial charge is 0.381 e. The Balaban J connectivity index is 1.77. The number of hydrogen-bond acceptors (Lipinski definition) is 5. The third-order valence-corrected chi connectivity index (χ3v) is 6.28. The molecule has 0 saturated carbocycles. The molecule has 0 fully saturated rings. The maximum atomic E-state index is 13.5. The number of aromatic nitrogens is 6. The van der Waals surface area contributed by atoms with Gasteiger partial charge < -0.3 is 19.5 Å². The van der Waals surface area contributed by atoms with Crippen LogP contribution in [0.2, 0.25) is 0 Å². The number of pyridine rings is 1. The van der Waals surface area contributed by atoms with Crippen LogP contribution < -0.4 is 0 Å². The van der Waals surface area contributed by atoms with Crippen molar-refractivity contribution in [2.45, 2.75) is 32.9 Å². The van der Waals surface area contributed by atoms with Crippen LogP contribution in [-0.2, 0) is 17.8 Å². The molecular weight excluding hydrogens is 432 g/mol. The van der Waals surface area contributed by atoms with Gasteiger partial charge in [-0.05, 0) is 31.4 Å². The quantitative estimate of drug-likeness (QED) is 0.473. The molecule has 0 atom stereocenters. The first-order valence-electron chi connectivity index (χ1n) is 11.3. The molecule has 4 aromatic rings. The SMILES string of the molecule is [C-]#[N+]c1c2c(nn1CCOC)C(=O)N(C)CCCCn1cc(c(C)n1)-c1c[nH]c3ncc-2cc13. The zero-order chi connectivity index (χ0) is 23.8. The lowest BCUT2D eigenvalue weighted by Crippen LogP contribution is -2.29. The van der Waals surface area contributed by atoms with Crippen LogP contribution in [0.1, 0.15) is 29.0 Å². The van der Waals surface area contributed by atoms with Gasteiger partial charge in [-0.2, -0.15) is 9.78 Å². The smallest absolute Gasteiger partial charge is 0.275 e. The summed E-state index contributed by atoms with van der Waals surface area (Å²) in [5.74, 6) is 0.0947. The van der Waals surface area contributed by atoms with E-state index in [1.165, 1.54) is 0 Å². The number of aromatic amines is 1. The average molecular weight is 459 g/mol. The highest BCUT2D eigenvalue weighted by molar-refractivity contribution is 6.04. The van der Waals surface area contributed by atoms with Crippen molar-refractivity contribution in [1.82, 2.24) is 34.4 Å². The normalized spacial score (nSPS) is 14.2. The first kappa shape index (κ1) is 21.9. The molecule has 1 N–H and O–H groups in total. The van der Waals surface area contributed by atoms with Crippen molar-refractivity contribution in [2.24, 2.45) is 0 Å². The minimum absolute atomic E-state index is 0.211. The van der Waals surface area contributed by atoms with Gasteiger partial charge in [0, 0.05) is 67.9 Å². The van der Waals surface area contributed by atoms with Gasteiger partial charge in [0.1, 0.15) is 12.2 Å². The third kappa shape index (κ3) is 3.64. The minimum Gasteiger partial charge on any atom is -0.381 e. The number of methoxy groups -OCH3 is 1. The van der Waals surface area contributed by atoms with Crippen LogP contribution in [0.15, 0.2) is 24.7 Å². The molecule has 5 heterocycles. The predicted octanol–water partition coefficient (Wildman–Crippen LogP) is 3.66. The second-order valence-electron chi connectivity index (χ2n) is 8.52. The van der Waals surface area contributed by atoms with Crippen molar-refractivity contribution in [3.63, 3.8) is 0 Å². The fourth-order valence-corrected chi connectivity index (χ4v) is 4.48. The van der Waals surface area contributed by atoms with Crippen LogP contribution in [0.25, 0.3) is 38.1 Å². The van der Waals surface area contributed by atoms with Gasteiger partial charge in [0.15, 0.2) is 5.69 Å². The molecular formula is C24H26N8O2. The van der Waals surface area contributed by atoms with Crippen LogP contribution in [0, 0.1) is 13.5 Å². The number of fused-ring (bicyclic) bond motifs is 6. The molecule has 1 aliphatic rings. The van der Waals surface area contributed by atoms with Crippen molar-refractivity contribution >= 4 is 22.8 Å². The summed E-state index contributed by atoms with van der Waals surface area (Å²) in [6, 6.07) is 1.98. The number of H-pyrrole nitrogens is 1. The molecule has 5 rings (SSSR count). The number of aryl methyl sites for hydroxylation is 2. The minimum atomic E-state index is -0.211. The highest BCUT2D eigenvalue weighted by Crippen LogP contribution is 2.38. The van der Waals surface area contributed by atoms with E-state index in [0.29, 0.717) is 36.6 Å². The number of nitrogens with zero attached hydrogens (tertiary/aromatic N) is 7. The van der Waals surface area contributed by atoms with E-state index in [1.807, 2.05) is 23.9 Å². The molecule has 1 amide bonds. The Labute approximate surface area is 197 Å². The molecule has 4 aromatic heterocycles. The van der Waals surface area contributed by atoms with E-state index in [9.17, 15) is 4.79 Å². The Bertz CT molecular complexity index is 1420. The van der Waals surface area contributed by atoms with E-state index in [4.69, 9.17) is 16.4 Å². The summed E-state index contributed by atoms with van der Waals surface area (Å²) in [6.07, 6.45) is 7.41. The van der Waals surface area contributed by atoms with Gasteiger partial charge >= 0.3 is 0 Å². The fraction of sp³-hybridized carbons (Fsp3) is 0.375. The highest BCUT2D eigenvalue weighted by Gasteiger charge is 2.28. The summed E-state index contributed by atoms with van der Waals surface area (Å²) >= 11 is 0. The van der Waals surface area contributed by atoms with Crippen molar-refractivity contribution in [1.29, 1.82) is 0 Å². The highest BCUT2D eigenvalue weighted by atomic mass is 16.5. The summed E-state index contributed by atoms with van der Waals surface area (Å²) < 4.78 is 8.73. The van der Waals surface area contributed by atoms with Crippen molar-refractivity contribution in [3.05, 3.63) is 47.5 Å². The summed E-state index contributed by atoms with van der Waals surface area (Å²) in [6.45, 7) is 12.0. The average Bonchev–Trinajstić information content (AvgIpc) is 3.53. The topological polar surface area (TPSA) is 98.2 Å². The van der Waals surface area contributed by atoms with Crippen LogP contribution in [0.3, 0.4) is 0 Å². The van der Waals surface area contributed by atoms with Crippen molar-refractivity contribution in [2.75, 3.05) is 27.3 Å². The van der Waals surface area contributed by atoms with Gasteiger partial charge in [-0.3, -0.25) is 9.48 Å². The Morgan fingerprint density at radius 2 is 2.06 bits per heavy atom. The Morgan fingerprint density at radius 1 is 1.24 bits per heavy atom. The summed E-state index contributed by atoms with van der Waals surface area (Å²) in [5.41, 5.74) is 5.15. The van der Waals surface area contributed by atoms with E-state index < -0.39 is 0 Å². The molecule has 0 spiro atoms. The van der Waals surface area contributed by atoms with E-state index in [-0.39, 0.29) is 11.6 Å². The van der Waals surface area contributed by atoms with Gasteiger partial charge in [0.25, 0.3) is 11.7 Å². The van der Waals surface area contributed by atoms with Gasteiger partial charge in [0.2, 0.25) is 0 Å². The molecule has 174 valence electrons. The lowest BCUT2D eigenvalue weighted by Gasteiger charge is -2.16. The van der Waals surface area contributed by atoms with Gasteiger partial charge in [0.05, 0.1) is 12.3 Å². The number of ether oxygens (including phenoxy) is 1. The summed E-state index contributed by atoms with van der Waals surface area (Å²) in [7, 11) is 3.37. The molecule has 0 unspecified atom stereocenters. The van der Waals surface area contributed by atoms with Crippen LogP contribution in [-0.4, -0.2) is 67.6 Å². The monoisotopic (exact) mass is 458 g/mol. The molecule has 4 bridgehead atoms. The number of carbonyl (C=O) groups excluding carboxylic acids is 1. The number of nitrogens with one attached hydrogen (secondary N) is 1. The molecule has 0 saturated heterocycles. The summed E-state index contributed by atoms with van der Waals surface area (Å²) in [5, 5.41) is 10.2. The zero-order valence-electron chi connectivity index (χ0n) is 19.5. The third-order valence-electron chi connectivity index (χ3n) is 6.28. The lowest BCUT2D eigenvalue weighted by molar-refractivity contribution is 0.0785. The van der Waals surface area contributed by atoms with Crippen LogP contribution in [0.5, 0.6) is 0 Å². The standard InChI is InChI=1S/C24H26N8O2/c1-15-19-14-31(28-15)8-6-5-7-30(3)24(33)21-20(23(25-2)32(29-21)9-10-34-4)16-11-17-18(19)13-27-22(17)26-12-16/h11-14H,5-10H2,1,3-4H3,(H,26,27). The molecule has 10 nitrogen and oxygen atoms in total. The second kappa shape index (κ2) is 8.76. The Hall–Kier alpha value is -3.97. The van der Waals surface area contributed by atoms with Crippen molar-refractivity contribution < 1.29 is 9.53 Å². The Kier molecular flexibility index (Phi) is 5.63. The number of hydrogen-bond donors (Lipinski definition) is 1. The van der Waals surface area contributed by atoms with E-state index in [2.05, 4.69) is 26.1 Å². The number of carbonyl (C=O) groups is 1. The second-order valence-corrected chi connectivity index (χ2v) is 8.52. The molecule has 34 heavy (non-hydrogen) atoms. The maximum absolute atomic E-state index is 13.5. The van der Waals surface area contributed by atoms with E-state index >= 15 is 0 Å². The molecule has 0 aromatic carbocycles. The number of rotatable bonds is 3. The lowest BCUT2D eigenvalue weighted by atomic mass is 10.0. The maximum Gasteiger partial charge on any atom is 0.275 e. The van der Waals surface area contributed by atoms with Gasteiger partial charge in [-0.25, -0.2) is 4.98 Å². The first-order chi connectivity index (χ1) is 16.5. The zero-order valence-corrected chi connectivity index (χ0v) is 19.5. The Morgan fingerprint density at radius 3 is 2.85 bits per heavy atom. The number of amides is 1. The van der Waals surface area contributed by atoms with Gasteiger partial charge in [-0.1, -0.05) is 11.7 Å². The molecule has 10 heteroatoms. The molecule has 1 aliphatic heterocycles. The van der Waals surface area contributed by atoms with Crippen LogP contribution in [0.4, 0.5) is 5.82 Å². The van der Waals surface area contributed by atoms with Gasteiger partial charge in [-0.15, -0.1) is 0 Å². The summed E-state index contributed by atoms with van der Waals surface area (Å²) in [4.78, 5) is 26.8. The van der Waals surface area contributed by atoms with Crippen LogP contribution >= 0.6 is 0 Å². The van der Waals surface area contributed by atoms with E-state index in [1.54, 1.807) is 29.9 Å². The first-order valence-corrected chi connectivity index (χ1v) is 11.3. The predicted molar refractivity (Wildman–Crippen MR) is 128 cm³/mol. The molecule has 0 radical (unpaired) electrons.